The van der Waals surface area contributed by atoms with Crippen LogP contribution in [0, 0.1) is 0 Å². The van der Waals surface area contributed by atoms with Gasteiger partial charge in [0, 0.05) is 13.1 Å². The zero-order chi connectivity index (χ0) is 24.7. The predicted molar refractivity (Wildman–Crippen MR) is 127 cm³/mol. The fourth-order valence-electron chi connectivity index (χ4n) is 3.33. The molecule has 3 rings (SSSR count). The zero-order valence-electron chi connectivity index (χ0n) is 19.6. The van der Waals surface area contributed by atoms with Crippen molar-refractivity contribution in [3.8, 4) is 17.4 Å². The summed E-state index contributed by atoms with van der Waals surface area (Å²) < 4.78 is 44.1. The standard InChI is InChI=1S/C24H29N3O6S/c1-17(24(28)22-13-26-23(33-4)14-25-22)34(29,30)27(15-18-5-9-20(31-2)10-6-18)16-19-7-11-21(32-3)12-8-19/h5-14,17,24,28H,15-16H2,1-4H3/t17-,24-/m0/s1. The van der Waals surface area contributed by atoms with E-state index >= 15 is 0 Å². The summed E-state index contributed by atoms with van der Waals surface area (Å²) in [4.78, 5) is 8.12. The molecule has 0 amide bonds. The van der Waals surface area contributed by atoms with Crippen LogP contribution in [0.2, 0.25) is 0 Å². The lowest BCUT2D eigenvalue weighted by molar-refractivity contribution is 0.167. The Morgan fingerprint density at radius 2 is 1.32 bits per heavy atom. The number of rotatable bonds is 11. The van der Waals surface area contributed by atoms with Gasteiger partial charge in [-0.05, 0) is 42.3 Å². The highest BCUT2D eigenvalue weighted by Gasteiger charge is 2.35. The van der Waals surface area contributed by atoms with Crippen molar-refractivity contribution in [2.45, 2.75) is 31.4 Å². The maximum Gasteiger partial charge on any atom is 0.231 e. The molecule has 0 saturated carbocycles. The Morgan fingerprint density at radius 1 is 0.824 bits per heavy atom. The van der Waals surface area contributed by atoms with Crippen LogP contribution in [0.1, 0.15) is 29.8 Å². The number of benzene rings is 2. The van der Waals surface area contributed by atoms with E-state index in [1.54, 1.807) is 38.5 Å². The molecule has 0 saturated heterocycles. The van der Waals surface area contributed by atoms with Crippen molar-refractivity contribution < 1.29 is 27.7 Å². The summed E-state index contributed by atoms with van der Waals surface area (Å²) in [6.07, 6.45) is 1.27. The number of hydrogen-bond acceptors (Lipinski definition) is 8. The van der Waals surface area contributed by atoms with Crippen molar-refractivity contribution in [1.82, 2.24) is 14.3 Å². The molecule has 34 heavy (non-hydrogen) atoms. The van der Waals surface area contributed by atoms with Gasteiger partial charge in [-0.1, -0.05) is 24.3 Å². The third-order valence-corrected chi connectivity index (χ3v) is 7.65. The van der Waals surface area contributed by atoms with E-state index in [-0.39, 0.29) is 24.7 Å². The largest absolute Gasteiger partial charge is 0.497 e. The molecule has 0 aliphatic rings. The second-order valence-electron chi connectivity index (χ2n) is 7.64. The predicted octanol–water partition coefficient (Wildman–Crippen LogP) is 2.96. The first-order valence-corrected chi connectivity index (χ1v) is 12.1. The van der Waals surface area contributed by atoms with Gasteiger partial charge >= 0.3 is 0 Å². The quantitative estimate of drug-likeness (QED) is 0.440. The summed E-state index contributed by atoms with van der Waals surface area (Å²) in [7, 11) is 0.618. The van der Waals surface area contributed by atoms with Crippen LogP contribution in [-0.2, 0) is 23.1 Å². The van der Waals surface area contributed by atoms with Crippen LogP contribution in [0.4, 0.5) is 0 Å². The number of nitrogens with zero attached hydrogens (tertiary/aromatic N) is 3. The third-order valence-electron chi connectivity index (χ3n) is 5.47. The van der Waals surface area contributed by atoms with E-state index in [0.717, 1.165) is 11.1 Å². The highest BCUT2D eigenvalue weighted by atomic mass is 32.2. The van der Waals surface area contributed by atoms with Gasteiger partial charge in [-0.3, -0.25) is 4.98 Å². The number of aliphatic hydroxyl groups excluding tert-OH is 1. The first-order valence-electron chi connectivity index (χ1n) is 10.6. The molecule has 9 nitrogen and oxygen atoms in total. The molecule has 1 aromatic heterocycles. The van der Waals surface area contributed by atoms with Crippen LogP contribution >= 0.6 is 0 Å². The molecule has 10 heteroatoms. The first kappa shape index (κ1) is 25.4. The van der Waals surface area contributed by atoms with Crippen LogP contribution in [0.15, 0.2) is 60.9 Å². The van der Waals surface area contributed by atoms with E-state index in [1.165, 1.54) is 30.7 Å². The van der Waals surface area contributed by atoms with E-state index in [4.69, 9.17) is 14.2 Å². The molecule has 182 valence electrons. The van der Waals surface area contributed by atoms with Gasteiger partial charge in [-0.15, -0.1) is 0 Å². The van der Waals surface area contributed by atoms with Crippen molar-refractivity contribution in [2.24, 2.45) is 0 Å². The fourth-order valence-corrected chi connectivity index (χ4v) is 4.92. The summed E-state index contributed by atoms with van der Waals surface area (Å²) in [6.45, 7) is 1.69. The minimum Gasteiger partial charge on any atom is -0.497 e. The molecule has 1 heterocycles. The van der Waals surface area contributed by atoms with E-state index < -0.39 is 21.4 Å². The zero-order valence-corrected chi connectivity index (χ0v) is 20.4. The van der Waals surface area contributed by atoms with Gasteiger partial charge in [-0.25, -0.2) is 13.4 Å². The highest BCUT2D eigenvalue weighted by molar-refractivity contribution is 7.89. The minimum absolute atomic E-state index is 0.115. The van der Waals surface area contributed by atoms with Gasteiger partial charge in [0.2, 0.25) is 15.9 Å². The smallest absolute Gasteiger partial charge is 0.231 e. The summed E-state index contributed by atoms with van der Waals surface area (Å²) in [6, 6.07) is 14.3. The van der Waals surface area contributed by atoms with Crippen molar-refractivity contribution in [1.29, 1.82) is 0 Å². The lowest BCUT2D eigenvalue weighted by atomic mass is 10.2. The van der Waals surface area contributed by atoms with E-state index in [0.29, 0.717) is 11.5 Å². The average Bonchev–Trinajstić information content (AvgIpc) is 2.88. The molecule has 0 bridgehead atoms. The van der Waals surface area contributed by atoms with Gasteiger partial charge < -0.3 is 19.3 Å². The van der Waals surface area contributed by atoms with Gasteiger partial charge in [0.1, 0.15) is 22.9 Å². The van der Waals surface area contributed by atoms with Crippen LogP contribution < -0.4 is 14.2 Å². The summed E-state index contributed by atoms with van der Waals surface area (Å²) in [5.41, 5.74) is 1.71. The summed E-state index contributed by atoms with van der Waals surface area (Å²) in [5.74, 6) is 1.62. The molecule has 2 aromatic carbocycles. The number of ether oxygens (including phenoxy) is 3. The molecule has 2 atom stereocenters. The normalized spacial score (nSPS) is 13.4. The Bertz CT molecular complexity index is 1100. The van der Waals surface area contributed by atoms with E-state index in [9.17, 15) is 13.5 Å². The first-order chi connectivity index (χ1) is 16.3. The third kappa shape index (κ3) is 6.02. The van der Waals surface area contributed by atoms with Gasteiger partial charge in [0.05, 0.1) is 39.4 Å². The van der Waals surface area contributed by atoms with E-state index in [1.807, 2.05) is 24.3 Å². The van der Waals surface area contributed by atoms with Crippen molar-refractivity contribution >= 4 is 10.0 Å². The number of aromatic nitrogens is 2. The topological polar surface area (TPSA) is 111 Å². The maximum atomic E-state index is 13.7. The van der Waals surface area contributed by atoms with Crippen LogP contribution in [0.5, 0.6) is 17.4 Å². The molecule has 0 aliphatic carbocycles. The Balaban J connectivity index is 1.90. The van der Waals surface area contributed by atoms with Gasteiger partial charge in [-0.2, -0.15) is 4.31 Å². The van der Waals surface area contributed by atoms with E-state index in [2.05, 4.69) is 9.97 Å². The highest BCUT2D eigenvalue weighted by Crippen LogP contribution is 2.27. The fraction of sp³-hybridized carbons (Fsp3) is 0.333. The Labute approximate surface area is 200 Å². The van der Waals surface area contributed by atoms with Crippen molar-refractivity contribution in [2.75, 3.05) is 21.3 Å². The average molecular weight is 488 g/mol. The van der Waals surface area contributed by atoms with Crippen molar-refractivity contribution in [3.05, 3.63) is 77.7 Å². The maximum absolute atomic E-state index is 13.7. The summed E-state index contributed by atoms with van der Waals surface area (Å²) in [5, 5.41) is 9.65. The Morgan fingerprint density at radius 3 is 1.71 bits per heavy atom. The second-order valence-corrected chi connectivity index (χ2v) is 9.93. The molecule has 0 unspecified atom stereocenters. The minimum atomic E-state index is -3.97. The Hall–Kier alpha value is -3.21. The second kappa shape index (κ2) is 11.3. The van der Waals surface area contributed by atoms with Gasteiger partial charge in [0.15, 0.2) is 0 Å². The van der Waals surface area contributed by atoms with Crippen molar-refractivity contribution in [3.63, 3.8) is 0 Å². The van der Waals surface area contributed by atoms with Crippen LogP contribution in [0.25, 0.3) is 0 Å². The molecule has 0 radical (unpaired) electrons. The Kier molecular flexibility index (Phi) is 8.43. The molecule has 1 N–H and O–H groups in total. The molecule has 3 aromatic rings. The molecule has 0 spiro atoms. The molecule has 0 fully saturated rings. The number of aliphatic hydroxyl groups is 1. The molecular formula is C24H29N3O6S. The van der Waals surface area contributed by atoms with Crippen LogP contribution in [-0.4, -0.2) is 54.4 Å². The van der Waals surface area contributed by atoms with Gasteiger partial charge in [0.25, 0.3) is 0 Å². The molecular weight excluding hydrogens is 458 g/mol. The lowest BCUT2D eigenvalue weighted by Crippen LogP contribution is -2.39. The number of sulfonamides is 1. The number of methoxy groups -OCH3 is 3. The molecule has 0 aliphatic heterocycles. The lowest BCUT2D eigenvalue weighted by Gasteiger charge is -2.28. The monoisotopic (exact) mass is 487 g/mol. The van der Waals surface area contributed by atoms with Crippen LogP contribution in [0.3, 0.4) is 0 Å². The number of hydrogen-bond donors (Lipinski definition) is 1. The summed E-state index contributed by atoms with van der Waals surface area (Å²) >= 11 is 0. The SMILES string of the molecule is COc1ccc(CN(Cc2ccc(OC)cc2)S(=O)(=O)[C@@H](C)[C@H](O)c2cnc(OC)cn2)cc1.